The lowest BCUT2D eigenvalue weighted by Gasteiger charge is -2.14. The molecule has 0 saturated heterocycles. The molecule has 114 valence electrons. The molecule has 0 aliphatic heterocycles. The summed E-state index contributed by atoms with van der Waals surface area (Å²) in [6, 6.07) is 8.67. The summed E-state index contributed by atoms with van der Waals surface area (Å²) in [7, 11) is 0. The molecule has 6 heteroatoms. The van der Waals surface area contributed by atoms with Gasteiger partial charge in [-0.3, -0.25) is 9.78 Å². The predicted octanol–water partition coefficient (Wildman–Crippen LogP) is 2.28. The van der Waals surface area contributed by atoms with Crippen molar-refractivity contribution in [1.82, 2.24) is 10.3 Å². The molecule has 1 heterocycles. The molecular formula is C16H16N2O4. The minimum Gasteiger partial charge on any atom is -0.508 e. The highest BCUT2D eigenvalue weighted by molar-refractivity contribution is 5.98. The molecule has 22 heavy (non-hydrogen) atoms. The van der Waals surface area contributed by atoms with Crippen LogP contribution < -0.4 is 5.32 Å². The van der Waals surface area contributed by atoms with Crippen LogP contribution in [0.25, 0.3) is 0 Å². The van der Waals surface area contributed by atoms with Crippen molar-refractivity contribution in [2.75, 3.05) is 0 Å². The Balaban J connectivity index is 2.20. The standard InChI is InChI=1S/C16H16N2O4/c1-9-4-3-5-14(17-9)10(2)18-15(20)11-6-12(16(21)22)8-13(19)7-11/h3-8,10,19H,1-2H3,(H,18,20)(H,21,22). The van der Waals surface area contributed by atoms with Crippen molar-refractivity contribution in [2.24, 2.45) is 0 Å². The van der Waals surface area contributed by atoms with Gasteiger partial charge in [-0.2, -0.15) is 0 Å². The van der Waals surface area contributed by atoms with Crippen LogP contribution >= 0.6 is 0 Å². The minimum atomic E-state index is -1.21. The fraction of sp³-hybridized carbons (Fsp3) is 0.188. The number of hydrogen-bond donors (Lipinski definition) is 3. The van der Waals surface area contributed by atoms with E-state index in [0.717, 1.165) is 11.8 Å². The molecule has 0 saturated carbocycles. The lowest BCUT2D eigenvalue weighted by molar-refractivity contribution is 0.0696. The van der Waals surface area contributed by atoms with Crippen molar-refractivity contribution < 1.29 is 19.8 Å². The molecule has 0 spiro atoms. The van der Waals surface area contributed by atoms with Gasteiger partial charge in [-0.1, -0.05) is 6.07 Å². The van der Waals surface area contributed by atoms with Crippen LogP contribution in [0.1, 0.15) is 45.1 Å². The molecule has 1 amide bonds. The lowest BCUT2D eigenvalue weighted by atomic mass is 10.1. The van der Waals surface area contributed by atoms with Crippen molar-refractivity contribution >= 4 is 11.9 Å². The number of carboxylic acids is 1. The highest BCUT2D eigenvalue weighted by Crippen LogP contribution is 2.17. The van der Waals surface area contributed by atoms with E-state index in [1.165, 1.54) is 12.1 Å². The van der Waals surface area contributed by atoms with Crippen LogP contribution in [0.5, 0.6) is 5.75 Å². The van der Waals surface area contributed by atoms with Gasteiger partial charge in [0, 0.05) is 11.3 Å². The van der Waals surface area contributed by atoms with E-state index in [1.54, 1.807) is 13.0 Å². The van der Waals surface area contributed by atoms with Crippen LogP contribution in [0, 0.1) is 6.92 Å². The largest absolute Gasteiger partial charge is 0.508 e. The molecule has 6 nitrogen and oxygen atoms in total. The maximum absolute atomic E-state index is 12.2. The van der Waals surface area contributed by atoms with Gasteiger partial charge in [0.15, 0.2) is 0 Å². The Morgan fingerprint density at radius 1 is 1.18 bits per heavy atom. The number of carbonyl (C=O) groups excluding carboxylic acids is 1. The highest BCUT2D eigenvalue weighted by atomic mass is 16.4. The van der Waals surface area contributed by atoms with E-state index in [2.05, 4.69) is 10.3 Å². The Labute approximate surface area is 127 Å². The first-order chi connectivity index (χ1) is 10.4. The number of carbonyl (C=O) groups is 2. The number of phenolic OH excluding ortho intramolecular Hbond substituents is 1. The average molecular weight is 300 g/mol. The second kappa shape index (κ2) is 6.26. The second-order valence-electron chi connectivity index (χ2n) is 4.97. The zero-order valence-corrected chi connectivity index (χ0v) is 12.2. The number of benzene rings is 1. The van der Waals surface area contributed by atoms with E-state index >= 15 is 0 Å². The number of nitrogens with one attached hydrogen (secondary N) is 1. The predicted molar refractivity (Wildman–Crippen MR) is 79.9 cm³/mol. The molecule has 2 rings (SSSR count). The van der Waals surface area contributed by atoms with Crippen LogP contribution in [-0.2, 0) is 0 Å². The molecule has 3 N–H and O–H groups in total. The molecule has 0 aliphatic rings. The highest BCUT2D eigenvalue weighted by Gasteiger charge is 2.15. The number of nitrogens with zero attached hydrogens (tertiary/aromatic N) is 1. The molecule has 0 radical (unpaired) electrons. The summed E-state index contributed by atoms with van der Waals surface area (Å²) in [5.41, 5.74) is 1.47. The van der Waals surface area contributed by atoms with Crippen LogP contribution in [-0.4, -0.2) is 27.1 Å². The zero-order valence-electron chi connectivity index (χ0n) is 12.2. The van der Waals surface area contributed by atoms with E-state index in [4.69, 9.17) is 5.11 Å². The summed E-state index contributed by atoms with van der Waals surface area (Å²) in [6.07, 6.45) is 0. The van der Waals surface area contributed by atoms with Gasteiger partial charge in [-0.15, -0.1) is 0 Å². The maximum Gasteiger partial charge on any atom is 0.335 e. The van der Waals surface area contributed by atoms with Gasteiger partial charge >= 0.3 is 5.97 Å². The second-order valence-corrected chi connectivity index (χ2v) is 4.97. The van der Waals surface area contributed by atoms with Gasteiger partial charge in [0.2, 0.25) is 0 Å². The maximum atomic E-state index is 12.2. The number of aromatic nitrogens is 1. The first-order valence-electron chi connectivity index (χ1n) is 6.68. The Kier molecular flexibility index (Phi) is 4.41. The summed E-state index contributed by atoms with van der Waals surface area (Å²) in [6.45, 7) is 3.63. The number of aromatic carboxylic acids is 1. The number of hydrogen-bond acceptors (Lipinski definition) is 4. The van der Waals surface area contributed by atoms with Gasteiger partial charge in [0.1, 0.15) is 5.75 Å². The van der Waals surface area contributed by atoms with Crippen LogP contribution in [0.4, 0.5) is 0 Å². The van der Waals surface area contributed by atoms with Gasteiger partial charge in [0.25, 0.3) is 5.91 Å². The molecule has 1 aromatic heterocycles. The zero-order chi connectivity index (χ0) is 16.3. The van der Waals surface area contributed by atoms with E-state index in [9.17, 15) is 14.7 Å². The first kappa shape index (κ1) is 15.5. The Morgan fingerprint density at radius 3 is 2.50 bits per heavy atom. The summed E-state index contributed by atoms with van der Waals surface area (Å²) in [5.74, 6) is -1.96. The molecule has 1 atom stereocenters. The number of aromatic hydroxyl groups is 1. The SMILES string of the molecule is Cc1cccc(C(C)NC(=O)c2cc(O)cc(C(=O)O)c2)n1. The van der Waals surface area contributed by atoms with Crippen LogP contribution in [0.15, 0.2) is 36.4 Å². The fourth-order valence-electron chi connectivity index (χ4n) is 2.02. The molecule has 2 aromatic rings. The van der Waals surface area contributed by atoms with Crippen molar-refractivity contribution in [1.29, 1.82) is 0 Å². The van der Waals surface area contributed by atoms with E-state index < -0.39 is 11.9 Å². The monoisotopic (exact) mass is 300 g/mol. The van der Waals surface area contributed by atoms with Gasteiger partial charge in [0.05, 0.1) is 17.3 Å². The van der Waals surface area contributed by atoms with Crippen LogP contribution in [0.3, 0.4) is 0 Å². The number of aryl methyl sites for hydroxylation is 1. The Hall–Kier alpha value is -2.89. The van der Waals surface area contributed by atoms with Crippen molar-refractivity contribution in [3.8, 4) is 5.75 Å². The van der Waals surface area contributed by atoms with Gasteiger partial charge in [-0.25, -0.2) is 4.79 Å². The number of pyridine rings is 1. The third-order valence-electron chi connectivity index (χ3n) is 3.13. The van der Waals surface area contributed by atoms with Gasteiger partial charge < -0.3 is 15.5 Å². The van der Waals surface area contributed by atoms with Crippen LogP contribution in [0.2, 0.25) is 0 Å². The summed E-state index contributed by atoms with van der Waals surface area (Å²) in [4.78, 5) is 27.5. The Morgan fingerprint density at radius 2 is 1.86 bits per heavy atom. The third-order valence-corrected chi connectivity index (χ3v) is 3.13. The third kappa shape index (κ3) is 3.60. The molecular weight excluding hydrogens is 284 g/mol. The summed E-state index contributed by atoms with van der Waals surface area (Å²) >= 11 is 0. The molecule has 1 aromatic carbocycles. The average Bonchev–Trinajstić information content (AvgIpc) is 2.46. The minimum absolute atomic E-state index is 0.0805. The molecule has 0 fully saturated rings. The molecule has 0 bridgehead atoms. The molecule has 1 unspecified atom stereocenters. The van der Waals surface area contributed by atoms with Crippen molar-refractivity contribution in [3.63, 3.8) is 0 Å². The molecule has 0 aliphatic carbocycles. The number of phenols is 1. The van der Waals surface area contributed by atoms with E-state index in [0.29, 0.717) is 5.69 Å². The topological polar surface area (TPSA) is 99.5 Å². The number of carboxylic acid groups (broad SMARTS) is 1. The lowest BCUT2D eigenvalue weighted by Crippen LogP contribution is -2.27. The quantitative estimate of drug-likeness (QED) is 0.804. The van der Waals surface area contributed by atoms with Crippen molar-refractivity contribution in [3.05, 3.63) is 58.9 Å². The normalized spacial score (nSPS) is 11.7. The first-order valence-corrected chi connectivity index (χ1v) is 6.68. The van der Waals surface area contributed by atoms with E-state index in [1.807, 2.05) is 19.1 Å². The van der Waals surface area contributed by atoms with E-state index in [-0.39, 0.29) is 22.9 Å². The smallest absolute Gasteiger partial charge is 0.335 e. The number of amides is 1. The van der Waals surface area contributed by atoms with Gasteiger partial charge in [-0.05, 0) is 44.2 Å². The fourth-order valence-corrected chi connectivity index (χ4v) is 2.02. The summed E-state index contributed by atoms with van der Waals surface area (Å²) in [5, 5.41) is 21.2. The number of rotatable bonds is 4. The Bertz CT molecular complexity index is 728. The van der Waals surface area contributed by atoms with Crippen molar-refractivity contribution in [2.45, 2.75) is 19.9 Å². The summed E-state index contributed by atoms with van der Waals surface area (Å²) < 4.78 is 0.